The summed E-state index contributed by atoms with van der Waals surface area (Å²) in [5.41, 5.74) is 1.58. The molecular weight excluding hydrogens is 448 g/mol. The van der Waals surface area contributed by atoms with Gasteiger partial charge in [0.15, 0.2) is 5.13 Å². The van der Waals surface area contributed by atoms with E-state index in [0.717, 1.165) is 23.2 Å². The van der Waals surface area contributed by atoms with E-state index < -0.39 is 0 Å². The number of aryl methyl sites for hydroxylation is 1. The standard InChI is InChI=1S/C23H23ClN4O3S/c1-30-18-8-9-19(31-2)22-21(18)26-23(32-22)28(12-3-11-27-13-10-25-15-27)20(29)14-16-4-6-17(24)7-5-16/h4-10,13,15H,3,11-12,14H2,1-2H3. The molecule has 166 valence electrons. The first-order valence-corrected chi connectivity index (χ1v) is 11.3. The highest BCUT2D eigenvalue weighted by Crippen LogP contribution is 2.40. The lowest BCUT2D eigenvalue weighted by molar-refractivity contribution is -0.118. The maximum absolute atomic E-state index is 13.4. The van der Waals surface area contributed by atoms with Gasteiger partial charge in [-0.15, -0.1) is 0 Å². The van der Waals surface area contributed by atoms with E-state index in [-0.39, 0.29) is 12.3 Å². The minimum Gasteiger partial charge on any atom is -0.495 e. The smallest absolute Gasteiger partial charge is 0.233 e. The van der Waals surface area contributed by atoms with Gasteiger partial charge in [0.25, 0.3) is 0 Å². The Hall–Kier alpha value is -3.10. The molecule has 32 heavy (non-hydrogen) atoms. The second-order valence-corrected chi connectivity index (χ2v) is 8.56. The van der Waals surface area contributed by atoms with Gasteiger partial charge in [-0.25, -0.2) is 9.97 Å². The van der Waals surface area contributed by atoms with E-state index in [1.54, 1.807) is 43.8 Å². The number of methoxy groups -OCH3 is 2. The summed E-state index contributed by atoms with van der Waals surface area (Å²) in [6.45, 7) is 1.28. The number of thiazole rings is 1. The molecule has 0 aliphatic heterocycles. The van der Waals surface area contributed by atoms with Gasteiger partial charge in [-0.2, -0.15) is 0 Å². The third-order valence-electron chi connectivity index (χ3n) is 5.06. The molecule has 0 N–H and O–H groups in total. The van der Waals surface area contributed by atoms with Crippen molar-refractivity contribution in [3.63, 3.8) is 0 Å². The first-order chi connectivity index (χ1) is 15.6. The van der Waals surface area contributed by atoms with Gasteiger partial charge in [0.1, 0.15) is 21.7 Å². The molecule has 0 fully saturated rings. The minimum atomic E-state index is -0.0325. The van der Waals surface area contributed by atoms with Crippen LogP contribution in [-0.4, -0.2) is 41.2 Å². The Morgan fingerprint density at radius 2 is 1.88 bits per heavy atom. The molecule has 0 bridgehead atoms. The molecule has 4 aromatic rings. The number of anilines is 1. The Kier molecular flexibility index (Phi) is 6.92. The fourth-order valence-electron chi connectivity index (χ4n) is 3.42. The molecule has 2 heterocycles. The van der Waals surface area contributed by atoms with Gasteiger partial charge in [-0.1, -0.05) is 35.1 Å². The molecule has 2 aromatic carbocycles. The van der Waals surface area contributed by atoms with Crippen LogP contribution in [0.5, 0.6) is 11.5 Å². The van der Waals surface area contributed by atoms with Crippen molar-refractivity contribution in [1.29, 1.82) is 0 Å². The van der Waals surface area contributed by atoms with Crippen molar-refractivity contribution in [2.24, 2.45) is 0 Å². The third-order valence-corrected chi connectivity index (χ3v) is 6.40. The largest absolute Gasteiger partial charge is 0.495 e. The highest BCUT2D eigenvalue weighted by molar-refractivity contribution is 7.22. The molecule has 0 saturated carbocycles. The maximum Gasteiger partial charge on any atom is 0.233 e. The molecule has 0 aliphatic carbocycles. The molecule has 0 unspecified atom stereocenters. The van der Waals surface area contributed by atoms with Gasteiger partial charge < -0.3 is 14.0 Å². The lowest BCUT2D eigenvalue weighted by Gasteiger charge is -2.20. The molecule has 0 radical (unpaired) electrons. The number of halogens is 1. The zero-order chi connectivity index (χ0) is 22.5. The summed E-state index contributed by atoms with van der Waals surface area (Å²) in [6, 6.07) is 11.0. The predicted octanol–water partition coefficient (Wildman–Crippen LogP) is 4.83. The maximum atomic E-state index is 13.4. The van der Waals surface area contributed by atoms with Gasteiger partial charge in [-0.05, 0) is 36.2 Å². The number of rotatable bonds is 9. The molecular formula is C23H23ClN4O3S. The van der Waals surface area contributed by atoms with Crippen molar-refractivity contribution in [1.82, 2.24) is 14.5 Å². The highest BCUT2D eigenvalue weighted by atomic mass is 35.5. The summed E-state index contributed by atoms with van der Waals surface area (Å²) in [5, 5.41) is 1.26. The zero-order valence-corrected chi connectivity index (χ0v) is 19.4. The van der Waals surface area contributed by atoms with Crippen LogP contribution in [0.2, 0.25) is 5.02 Å². The fraction of sp³-hybridized carbons (Fsp3) is 0.261. The van der Waals surface area contributed by atoms with Crippen LogP contribution in [0.3, 0.4) is 0 Å². The number of benzene rings is 2. The molecule has 0 spiro atoms. The Labute approximate surface area is 195 Å². The van der Waals surface area contributed by atoms with Crippen molar-refractivity contribution >= 4 is 44.2 Å². The van der Waals surface area contributed by atoms with Crippen LogP contribution in [0.4, 0.5) is 5.13 Å². The van der Waals surface area contributed by atoms with Crippen LogP contribution in [-0.2, 0) is 17.8 Å². The molecule has 9 heteroatoms. The zero-order valence-electron chi connectivity index (χ0n) is 17.8. The Morgan fingerprint density at radius 1 is 1.12 bits per heavy atom. The average molecular weight is 471 g/mol. The quantitative estimate of drug-likeness (QED) is 0.350. The summed E-state index contributed by atoms with van der Waals surface area (Å²) in [4.78, 5) is 23.9. The monoisotopic (exact) mass is 470 g/mol. The number of ether oxygens (including phenoxy) is 2. The van der Waals surface area contributed by atoms with E-state index in [1.165, 1.54) is 11.3 Å². The van der Waals surface area contributed by atoms with E-state index in [0.29, 0.717) is 33.7 Å². The van der Waals surface area contributed by atoms with Crippen LogP contribution in [0.25, 0.3) is 10.2 Å². The molecule has 0 saturated heterocycles. The first-order valence-electron chi connectivity index (χ1n) is 10.1. The SMILES string of the molecule is COc1ccc(OC)c2sc(N(CCCn3ccnc3)C(=O)Cc3ccc(Cl)cc3)nc12. The summed E-state index contributed by atoms with van der Waals surface area (Å²) in [6.07, 6.45) is 6.44. The van der Waals surface area contributed by atoms with Crippen molar-refractivity contribution in [3.05, 3.63) is 65.7 Å². The van der Waals surface area contributed by atoms with Crippen LogP contribution >= 0.6 is 22.9 Å². The number of aromatic nitrogens is 3. The number of amides is 1. The van der Waals surface area contributed by atoms with Crippen molar-refractivity contribution in [3.8, 4) is 11.5 Å². The van der Waals surface area contributed by atoms with Gasteiger partial charge in [-0.3, -0.25) is 9.69 Å². The number of nitrogens with zero attached hydrogens (tertiary/aromatic N) is 4. The van der Waals surface area contributed by atoms with E-state index in [1.807, 2.05) is 35.0 Å². The number of hydrogen-bond donors (Lipinski definition) is 0. The molecule has 4 rings (SSSR count). The number of carbonyl (C=O) groups excluding carboxylic acids is 1. The van der Waals surface area contributed by atoms with Gasteiger partial charge in [0, 0.05) is 30.5 Å². The Morgan fingerprint density at radius 3 is 2.56 bits per heavy atom. The second-order valence-electron chi connectivity index (χ2n) is 7.15. The lowest BCUT2D eigenvalue weighted by Crippen LogP contribution is -2.33. The predicted molar refractivity (Wildman–Crippen MR) is 127 cm³/mol. The van der Waals surface area contributed by atoms with Crippen molar-refractivity contribution < 1.29 is 14.3 Å². The normalized spacial score (nSPS) is 11.0. The lowest BCUT2D eigenvalue weighted by atomic mass is 10.1. The minimum absolute atomic E-state index is 0.0325. The van der Waals surface area contributed by atoms with Crippen molar-refractivity contribution in [2.75, 3.05) is 25.7 Å². The van der Waals surface area contributed by atoms with E-state index in [2.05, 4.69) is 4.98 Å². The summed E-state index contributed by atoms with van der Waals surface area (Å²) >= 11 is 7.42. The van der Waals surface area contributed by atoms with E-state index >= 15 is 0 Å². The number of imidazole rings is 1. The van der Waals surface area contributed by atoms with Crippen LogP contribution in [0.15, 0.2) is 55.1 Å². The van der Waals surface area contributed by atoms with Crippen LogP contribution in [0, 0.1) is 0 Å². The number of hydrogen-bond acceptors (Lipinski definition) is 6. The molecule has 0 aliphatic rings. The topological polar surface area (TPSA) is 69.5 Å². The first kappa shape index (κ1) is 22.1. The van der Waals surface area contributed by atoms with Crippen LogP contribution < -0.4 is 14.4 Å². The van der Waals surface area contributed by atoms with E-state index in [9.17, 15) is 4.79 Å². The van der Waals surface area contributed by atoms with Crippen molar-refractivity contribution in [2.45, 2.75) is 19.4 Å². The summed E-state index contributed by atoms with van der Waals surface area (Å²) in [7, 11) is 3.23. The molecule has 1 amide bonds. The molecule has 7 nitrogen and oxygen atoms in total. The average Bonchev–Trinajstić information content (AvgIpc) is 3.47. The van der Waals surface area contributed by atoms with Gasteiger partial charge >= 0.3 is 0 Å². The Bertz CT molecular complexity index is 1150. The molecule has 2 aromatic heterocycles. The Balaban J connectivity index is 1.64. The fourth-order valence-corrected chi connectivity index (χ4v) is 4.66. The summed E-state index contributed by atoms with van der Waals surface area (Å²) < 4.78 is 13.8. The third kappa shape index (κ3) is 4.87. The number of fused-ring (bicyclic) bond motifs is 1. The second kappa shape index (κ2) is 10.0. The van der Waals surface area contributed by atoms with Gasteiger partial charge in [0.2, 0.25) is 5.91 Å². The highest BCUT2D eigenvalue weighted by Gasteiger charge is 2.22. The van der Waals surface area contributed by atoms with Gasteiger partial charge in [0.05, 0.1) is 27.0 Å². The summed E-state index contributed by atoms with van der Waals surface area (Å²) in [5.74, 6) is 1.31. The van der Waals surface area contributed by atoms with Crippen LogP contribution in [0.1, 0.15) is 12.0 Å². The molecule has 0 atom stereocenters. The number of carbonyl (C=O) groups is 1. The van der Waals surface area contributed by atoms with E-state index in [4.69, 9.17) is 26.1 Å².